The first-order valence-corrected chi connectivity index (χ1v) is 7.71. The third-order valence-electron chi connectivity index (χ3n) is 4.54. The molecule has 1 aliphatic rings. The SMILES string of the molecule is C[C@@H](CN1CCCC1)[C@@H](N)c1cccc2ccccc12. The zero-order valence-electron chi connectivity index (χ0n) is 12.3. The van der Waals surface area contributed by atoms with Crippen molar-refractivity contribution >= 4 is 10.8 Å². The summed E-state index contributed by atoms with van der Waals surface area (Å²) in [6, 6.07) is 15.1. The molecular weight excluding hydrogens is 244 g/mol. The predicted molar refractivity (Wildman–Crippen MR) is 85.7 cm³/mol. The summed E-state index contributed by atoms with van der Waals surface area (Å²) in [5.74, 6) is 0.485. The highest BCUT2D eigenvalue weighted by Gasteiger charge is 2.21. The maximum absolute atomic E-state index is 6.56. The summed E-state index contributed by atoms with van der Waals surface area (Å²) in [7, 11) is 0. The molecule has 1 fully saturated rings. The van der Waals surface area contributed by atoms with Gasteiger partial charge in [-0.15, -0.1) is 0 Å². The number of nitrogens with two attached hydrogens (primary N) is 1. The molecule has 2 aromatic carbocycles. The quantitative estimate of drug-likeness (QED) is 0.918. The molecule has 0 amide bonds. The molecule has 0 unspecified atom stereocenters. The fourth-order valence-electron chi connectivity index (χ4n) is 3.33. The second-order valence-corrected chi connectivity index (χ2v) is 6.08. The summed E-state index contributed by atoms with van der Waals surface area (Å²) in [6.07, 6.45) is 2.69. The Morgan fingerprint density at radius 2 is 1.75 bits per heavy atom. The molecule has 0 aliphatic carbocycles. The monoisotopic (exact) mass is 268 g/mol. The number of hydrogen-bond donors (Lipinski definition) is 1. The number of fused-ring (bicyclic) bond motifs is 1. The molecule has 2 nitrogen and oxygen atoms in total. The molecule has 0 saturated carbocycles. The van der Waals surface area contributed by atoms with E-state index in [9.17, 15) is 0 Å². The number of rotatable bonds is 4. The Balaban J connectivity index is 1.82. The number of likely N-dealkylation sites (tertiary alicyclic amines) is 1. The maximum atomic E-state index is 6.56. The average molecular weight is 268 g/mol. The van der Waals surface area contributed by atoms with E-state index >= 15 is 0 Å². The molecule has 106 valence electrons. The molecular formula is C18H24N2. The Labute approximate surface area is 121 Å². The van der Waals surface area contributed by atoms with Gasteiger partial charge < -0.3 is 10.6 Å². The number of hydrogen-bond acceptors (Lipinski definition) is 2. The molecule has 1 saturated heterocycles. The van der Waals surface area contributed by atoms with Crippen molar-refractivity contribution in [3.63, 3.8) is 0 Å². The van der Waals surface area contributed by atoms with E-state index in [2.05, 4.69) is 54.3 Å². The Hall–Kier alpha value is -1.38. The van der Waals surface area contributed by atoms with Crippen LogP contribution in [-0.4, -0.2) is 24.5 Å². The van der Waals surface area contributed by atoms with Crippen molar-refractivity contribution in [3.05, 3.63) is 48.0 Å². The van der Waals surface area contributed by atoms with Crippen LogP contribution in [0.25, 0.3) is 10.8 Å². The van der Waals surface area contributed by atoms with E-state index in [4.69, 9.17) is 5.73 Å². The topological polar surface area (TPSA) is 29.3 Å². The van der Waals surface area contributed by atoms with Crippen molar-refractivity contribution in [1.82, 2.24) is 4.90 Å². The highest BCUT2D eigenvalue weighted by Crippen LogP contribution is 2.28. The van der Waals surface area contributed by atoms with Gasteiger partial charge in [-0.25, -0.2) is 0 Å². The van der Waals surface area contributed by atoms with Gasteiger partial charge in [0.25, 0.3) is 0 Å². The van der Waals surface area contributed by atoms with Crippen molar-refractivity contribution < 1.29 is 0 Å². The Morgan fingerprint density at radius 1 is 1.05 bits per heavy atom. The minimum absolute atomic E-state index is 0.113. The molecule has 0 aromatic heterocycles. The summed E-state index contributed by atoms with van der Waals surface area (Å²) >= 11 is 0. The van der Waals surface area contributed by atoms with Crippen LogP contribution in [0.2, 0.25) is 0 Å². The van der Waals surface area contributed by atoms with Gasteiger partial charge in [0.1, 0.15) is 0 Å². The first-order valence-electron chi connectivity index (χ1n) is 7.71. The standard InChI is InChI=1S/C18H24N2/c1-14(13-20-11-4-5-12-20)18(19)17-10-6-8-15-7-2-3-9-16(15)17/h2-3,6-10,14,18H,4-5,11-13,19H2,1H3/t14-,18+/m0/s1. The smallest absolute Gasteiger partial charge is 0.0339 e. The van der Waals surface area contributed by atoms with Gasteiger partial charge in [-0.3, -0.25) is 0 Å². The van der Waals surface area contributed by atoms with Gasteiger partial charge in [-0.1, -0.05) is 49.4 Å². The lowest BCUT2D eigenvalue weighted by Crippen LogP contribution is -2.31. The van der Waals surface area contributed by atoms with Crippen molar-refractivity contribution in [1.29, 1.82) is 0 Å². The molecule has 2 aromatic rings. The minimum Gasteiger partial charge on any atom is -0.324 e. The molecule has 20 heavy (non-hydrogen) atoms. The van der Waals surface area contributed by atoms with Gasteiger partial charge >= 0.3 is 0 Å². The third-order valence-corrected chi connectivity index (χ3v) is 4.54. The van der Waals surface area contributed by atoms with Gasteiger partial charge in [0, 0.05) is 12.6 Å². The van der Waals surface area contributed by atoms with Crippen LogP contribution < -0.4 is 5.73 Å². The largest absolute Gasteiger partial charge is 0.324 e. The average Bonchev–Trinajstić information content (AvgIpc) is 2.99. The Kier molecular flexibility index (Phi) is 4.04. The molecule has 2 heteroatoms. The van der Waals surface area contributed by atoms with Gasteiger partial charge in [-0.2, -0.15) is 0 Å². The van der Waals surface area contributed by atoms with E-state index in [1.54, 1.807) is 0 Å². The van der Waals surface area contributed by atoms with E-state index in [1.165, 1.54) is 42.3 Å². The van der Waals surface area contributed by atoms with Gasteiger partial charge in [0.05, 0.1) is 0 Å². The first kappa shape index (κ1) is 13.6. The molecule has 0 bridgehead atoms. The maximum Gasteiger partial charge on any atom is 0.0339 e. The minimum atomic E-state index is 0.113. The van der Waals surface area contributed by atoms with Crippen molar-refractivity contribution in [2.45, 2.75) is 25.8 Å². The molecule has 2 N–H and O–H groups in total. The fourth-order valence-corrected chi connectivity index (χ4v) is 3.33. The fraction of sp³-hybridized carbons (Fsp3) is 0.444. The van der Waals surface area contributed by atoms with E-state index in [0.717, 1.165) is 6.54 Å². The lowest BCUT2D eigenvalue weighted by Gasteiger charge is -2.26. The Bertz CT molecular complexity index is 567. The van der Waals surface area contributed by atoms with E-state index in [0.29, 0.717) is 5.92 Å². The zero-order chi connectivity index (χ0) is 13.9. The zero-order valence-corrected chi connectivity index (χ0v) is 12.3. The molecule has 2 atom stereocenters. The van der Waals surface area contributed by atoms with E-state index in [1.807, 2.05) is 0 Å². The summed E-state index contributed by atoms with van der Waals surface area (Å²) in [4.78, 5) is 2.55. The van der Waals surface area contributed by atoms with Gasteiger partial charge in [-0.05, 0) is 48.2 Å². The molecule has 0 radical (unpaired) electrons. The van der Waals surface area contributed by atoms with Gasteiger partial charge in [0.15, 0.2) is 0 Å². The summed E-state index contributed by atoms with van der Waals surface area (Å²) in [5, 5.41) is 2.59. The number of nitrogens with zero attached hydrogens (tertiary/aromatic N) is 1. The van der Waals surface area contributed by atoms with Crippen LogP contribution in [-0.2, 0) is 0 Å². The van der Waals surface area contributed by atoms with Crippen LogP contribution in [0.4, 0.5) is 0 Å². The molecule has 0 spiro atoms. The van der Waals surface area contributed by atoms with Crippen LogP contribution in [0.1, 0.15) is 31.4 Å². The lowest BCUT2D eigenvalue weighted by molar-refractivity contribution is 0.266. The van der Waals surface area contributed by atoms with Crippen LogP contribution in [0.15, 0.2) is 42.5 Å². The molecule has 1 aliphatic heterocycles. The second-order valence-electron chi connectivity index (χ2n) is 6.08. The normalized spacial score (nSPS) is 19.3. The molecule has 3 rings (SSSR count). The summed E-state index contributed by atoms with van der Waals surface area (Å²) in [5.41, 5.74) is 7.84. The summed E-state index contributed by atoms with van der Waals surface area (Å²) in [6.45, 7) is 5.88. The van der Waals surface area contributed by atoms with Crippen LogP contribution in [0.5, 0.6) is 0 Å². The van der Waals surface area contributed by atoms with Crippen LogP contribution in [0.3, 0.4) is 0 Å². The highest BCUT2D eigenvalue weighted by atomic mass is 15.1. The first-order chi connectivity index (χ1) is 9.75. The van der Waals surface area contributed by atoms with E-state index < -0.39 is 0 Å². The molecule has 1 heterocycles. The van der Waals surface area contributed by atoms with E-state index in [-0.39, 0.29) is 6.04 Å². The lowest BCUT2D eigenvalue weighted by atomic mass is 9.91. The van der Waals surface area contributed by atoms with Crippen molar-refractivity contribution in [2.24, 2.45) is 11.7 Å². The second kappa shape index (κ2) is 5.94. The predicted octanol–water partition coefficient (Wildman–Crippen LogP) is 3.57. The number of benzene rings is 2. The van der Waals surface area contributed by atoms with Crippen LogP contribution >= 0.6 is 0 Å². The highest BCUT2D eigenvalue weighted by molar-refractivity contribution is 5.86. The van der Waals surface area contributed by atoms with Crippen molar-refractivity contribution in [3.8, 4) is 0 Å². The Morgan fingerprint density at radius 3 is 2.55 bits per heavy atom. The van der Waals surface area contributed by atoms with Crippen LogP contribution in [0, 0.1) is 5.92 Å². The summed E-state index contributed by atoms with van der Waals surface area (Å²) < 4.78 is 0. The third kappa shape index (κ3) is 2.72. The van der Waals surface area contributed by atoms with Gasteiger partial charge in [0.2, 0.25) is 0 Å². The van der Waals surface area contributed by atoms with Crippen molar-refractivity contribution in [2.75, 3.05) is 19.6 Å².